The summed E-state index contributed by atoms with van der Waals surface area (Å²) in [7, 11) is 4.60. The Kier molecular flexibility index (Phi) is 5.97. The smallest absolute Gasteiger partial charge is 0.337 e. The molecule has 2 aliphatic rings. The van der Waals surface area contributed by atoms with Gasteiger partial charge in [-0.15, -0.1) is 0 Å². The van der Waals surface area contributed by atoms with Gasteiger partial charge >= 0.3 is 5.97 Å². The monoisotopic (exact) mass is 454 g/mol. The minimum atomic E-state index is -0.552. The van der Waals surface area contributed by atoms with E-state index in [0.717, 1.165) is 34.7 Å². The van der Waals surface area contributed by atoms with E-state index >= 15 is 0 Å². The fraction of sp³-hybridized carbons (Fsp3) is 0.333. The number of allylic oxidation sites excluding steroid dienone is 1. The first-order valence-electron chi connectivity index (χ1n) is 10.3. The Morgan fingerprint density at radius 2 is 1.88 bits per heavy atom. The number of esters is 1. The highest BCUT2D eigenvalue weighted by atomic mass is 32.1. The highest BCUT2D eigenvalue weighted by Crippen LogP contribution is 2.42. The van der Waals surface area contributed by atoms with Crippen molar-refractivity contribution in [2.75, 3.05) is 26.2 Å². The number of benzene rings is 2. The van der Waals surface area contributed by atoms with Gasteiger partial charge in [0.1, 0.15) is 23.4 Å². The summed E-state index contributed by atoms with van der Waals surface area (Å²) in [6.07, 6.45) is 0.903. The molecule has 4 rings (SSSR count). The number of anilines is 1. The van der Waals surface area contributed by atoms with E-state index in [9.17, 15) is 4.79 Å². The molecular weight excluding hydrogens is 428 g/mol. The van der Waals surface area contributed by atoms with E-state index in [1.165, 1.54) is 7.11 Å². The van der Waals surface area contributed by atoms with Crippen LogP contribution in [0.25, 0.3) is 0 Å². The van der Waals surface area contributed by atoms with Gasteiger partial charge in [-0.05, 0) is 62.5 Å². The molecule has 0 saturated carbocycles. The van der Waals surface area contributed by atoms with E-state index in [-0.39, 0.29) is 6.10 Å². The van der Waals surface area contributed by atoms with Crippen molar-refractivity contribution < 1.29 is 23.7 Å². The SMILES string of the molecule is COC(=O)C1=C(C)N(c2ccc(OC)cc2)C(=S)N[C@H]1c1cc2c(cc1OC)C[C@H](C)O2. The van der Waals surface area contributed by atoms with Crippen molar-refractivity contribution in [1.82, 2.24) is 5.32 Å². The first kappa shape index (κ1) is 22.0. The molecule has 2 aromatic carbocycles. The average molecular weight is 455 g/mol. The molecule has 0 bridgehead atoms. The Labute approximate surface area is 192 Å². The zero-order valence-corrected chi connectivity index (χ0v) is 19.5. The molecule has 1 N–H and O–H groups in total. The summed E-state index contributed by atoms with van der Waals surface area (Å²) in [6.45, 7) is 3.88. The Hall–Kier alpha value is -3.26. The van der Waals surface area contributed by atoms with E-state index < -0.39 is 12.0 Å². The summed E-state index contributed by atoms with van der Waals surface area (Å²) in [5.41, 5.74) is 3.76. The largest absolute Gasteiger partial charge is 0.497 e. The maximum atomic E-state index is 12.9. The number of methoxy groups -OCH3 is 3. The van der Waals surface area contributed by atoms with Gasteiger partial charge in [0.15, 0.2) is 5.11 Å². The summed E-state index contributed by atoms with van der Waals surface area (Å²) in [4.78, 5) is 14.8. The van der Waals surface area contributed by atoms with Crippen molar-refractivity contribution >= 4 is 29.0 Å². The molecule has 8 heteroatoms. The Balaban J connectivity index is 1.84. The third kappa shape index (κ3) is 3.75. The molecule has 2 heterocycles. The zero-order valence-electron chi connectivity index (χ0n) is 18.7. The third-order valence-electron chi connectivity index (χ3n) is 5.78. The third-order valence-corrected chi connectivity index (χ3v) is 6.08. The van der Waals surface area contributed by atoms with Gasteiger partial charge in [-0.3, -0.25) is 4.90 Å². The fourth-order valence-electron chi connectivity index (χ4n) is 4.25. The van der Waals surface area contributed by atoms with Gasteiger partial charge in [0, 0.05) is 28.9 Å². The second kappa shape index (κ2) is 8.70. The topological polar surface area (TPSA) is 69.3 Å². The molecule has 2 aliphatic heterocycles. The molecule has 0 radical (unpaired) electrons. The lowest BCUT2D eigenvalue weighted by atomic mass is 9.92. The molecule has 168 valence electrons. The van der Waals surface area contributed by atoms with Crippen molar-refractivity contribution in [2.24, 2.45) is 0 Å². The molecule has 0 aromatic heterocycles. The highest BCUT2D eigenvalue weighted by molar-refractivity contribution is 7.80. The molecule has 0 unspecified atom stereocenters. The number of ether oxygens (including phenoxy) is 4. The van der Waals surface area contributed by atoms with E-state index in [4.69, 9.17) is 31.2 Å². The number of nitrogens with zero attached hydrogens (tertiary/aromatic N) is 1. The van der Waals surface area contributed by atoms with Gasteiger partial charge in [0.25, 0.3) is 0 Å². The first-order valence-corrected chi connectivity index (χ1v) is 10.7. The highest BCUT2D eigenvalue weighted by Gasteiger charge is 2.37. The molecule has 0 amide bonds. The van der Waals surface area contributed by atoms with Gasteiger partial charge in [-0.2, -0.15) is 0 Å². The molecule has 2 atom stereocenters. The summed E-state index contributed by atoms with van der Waals surface area (Å²) >= 11 is 5.72. The van der Waals surface area contributed by atoms with Gasteiger partial charge in [-0.1, -0.05) is 0 Å². The van der Waals surface area contributed by atoms with Crippen LogP contribution >= 0.6 is 12.2 Å². The van der Waals surface area contributed by atoms with Crippen molar-refractivity contribution in [2.45, 2.75) is 32.4 Å². The quantitative estimate of drug-likeness (QED) is 0.539. The van der Waals surface area contributed by atoms with Crippen molar-refractivity contribution in [3.05, 3.63) is 58.8 Å². The normalized spacial score (nSPS) is 19.8. The lowest BCUT2D eigenvalue weighted by Crippen LogP contribution is -2.48. The van der Waals surface area contributed by atoms with Crippen LogP contribution in [0.1, 0.15) is 31.0 Å². The molecule has 7 nitrogen and oxygen atoms in total. The van der Waals surface area contributed by atoms with E-state index in [2.05, 4.69) is 5.32 Å². The number of thiocarbonyl (C=S) groups is 1. The number of hydrogen-bond donors (Lipinski definition) is 1. The van der Waals surface area contributed by atoms with Crippen LogP contribution in [0.3, 0.4) is 0 Å². The minimum Gasteiger partial charge on any atom is -0.497 e. The minimum absolute atomic E-state index is 0.0910. The lowest BCUT2D eigenvalue weighted by Gasteiger charge is -2.37. The van der Waals surface area contributed by atoms with Gasteiger partial charge in [0.05, 0.1) is 32.9 Å². The van der Waals surface area contributed by atoms with Crippen LogP contribution in [-0.2, 0) is 16.0 Å². The van der Waals surface area contributed by atoms with Crippen LogP contribution in [0.2, 0.25) is 0 Å². The van der Waals surface area contributed by atoms with Crippen molar-refractivity contribution in [3.63, 3.8) is 0 Å². The summed E-state index contributed by atoms with van der Waals surface area (Å²) in [6, 6.07) is 10.8. The van der Waals surface area contributed by atoms with Crippen molar-refractivity contribution in [3.8, 4) is 17.2 Å². The van der Waals surface area contributed by atoms with Gasteiger partial charge in [0.2, 0.25) is 0 Å². The molecule has 0 aliphatic carbocycles. The molecule has 0 saturated heterocycles. The van der Waals surface area contributed by atoms with E-state index in [1.807, 2.05) is 55.1 Å². The van der Waals surface area contributed by atoms with E-state index in [0.29, 0.717) is 22.1 Å². The van der Waals surface area contributed by atoms with Crippen molar-refractivity contribution in [1.29, 1.82) is 0 Å². The molecule has 2 aromatic rings. The molecule has 0 fully saturated rings. The Morgan fingerprint density at radius 1 is 1.16 bits per heavy atom. The number of rotatable bonds is 5. The maximum Gasteiger partial charge on any atom is 0.337 e. The number of carbonyl (C=O) groups is 1. The lowest BCUT2D eigenvalue weighted by molar-refractivity contribution is -0.136. The summed E-state index contributed by atoms with van der Waals surface area (Å²) < 4.78 is 22.0. The second-order valence-corrected chi connectivity index (χ2v) is 8.13. The van der Waals surface area contributed by atoms with E-state index in [1.54, 1.807) is 14.2 Å². The van der Waals surface area contributed by atoms with Crippen LogP contribution in [-0.4, -0.2) is 38.5 Å². The Bertz CT molecular complexity index is 1100. The van der Waals surface area contributed by atoms with Gasteiger partial charge in [-0.25, -0.2) is 4.79 Å². The standard InChI is InChI=1S/C24H26N2O5S/c1-13-10-15-11-20(29-4)18(12-19(15)31-13)22-21(23(27)30-5)14(2)26(24(32)25-22)16-6-8-17(28-3)9-7-16/h6-9,11-13,22H,10H2,1-5H3,(H,25,32)/t13-,22-/m0/s1. The van der Waals surface area contributed by atoms with Crippen LogP contribution in [0.5, 0.6) is 17.2 Å². The summed E-state index contributed by atoms with van der Waals surface area (Å²) in [5.74, 6) is 1.74. The Morgan fingerprint density at radius 3 is 2.50 bits per heavy atom. The zero-order chi connectivity index (χ0) is 23.0. The first-order chi connectivity index (χ1) is 15.4. The second-order valence-electron chi connectivity index (χ2n) is 7.74. The van der Waals surface area contributed by atoms with Crippen LogP contribution < -0.4 is 24.4 Å². The number of hydrogen-bond acceptors (Lipinski definition) is 6. The maximum absolute atomic E-state index is 12.9. The van der Waals surface area contributed by atoms with Crippen LogP contribution in [0.4, 0.5) is 5.69 Å². The summed E-state index contributed by atoms with van der Waals surface area (Å²) in [5, 5.41) is 3.77. The number of nitrogens with one attached hydrogen (secondary N) is 1. The van der Waals surface area contributed by atoms with Crippen LogP contribution in [0, 0.1) is 0 Å². The average Bonchev–Trinajstić information content (AvgIpc) is 3.16. The molecule has 32 heavy (non-hydrogen) atoms. The number of fused-ring (bicyclic) bond motifs is 1. The number of carbonyl (C=O) groups excluding carboxylic acids is 1. The predicted molar refractivity (Wildman–Crippen MR) is 125 cm³/mol. The molecule has 0 spiro atoms. The predicted octanol–water partition coefficient (Wildman–Crippen LogP) is 3.91. The van der Waals surface area contributed by atoms with Crippen LogP contribution in [0.15, 0.2) is 47.7 Å². The fourth-order valence-corrected chi connectivity index (χ4v) is 4.61. The van der Waals surface area contributed by atoms with Gasteiger partial charge < -0.3 is 24.3 Å². The molecular formula is C24H26N2O5S.